The Kier molecular flexibility index (Phi) is 6.81. The molecule has 0 unspecified atom stereocenters. The molecule has 1 heterocycles. The van der Waals surface area contributed by atoms with E-state index in [1.807, 2.05) is 13.8 Å². The van der Waals surface area contributed by atoms with Crippen LogP contribution in [0.2, 0.25) is 0 Å². The van der Waals surface area contributed by atoms with Crippen LogP contribution in [0.5, 0.6) is 0 Å². The zero-order valence-corrected chi connectivity index (χ0v) is 12.2. The Hall–Kier alpha value is -1.19. The quantitative estimate of drug-likeness (QED) is 0.522. The van der Waals surface area contributed by atoms with Gasteiger partial charge in [-0.05, 0) is 33.1 Å². The number of hydrogen-bond acceptors (Lipinski definition) is 2. The molecular weight excluding hydrogens is 225 g/mol. The number of nitrogens with zero attached hydrogens (tertiary/aromatic N) is 1. The lowest BCUT2D eigenvalue weighted by Crippen LogP contribution is -2.12. The molecule has 2 rings (SSSR count). The van der Waals surface area contributed by atoms with Gasteiger partial charge >= 0.3 is 5.76 Å². The van der Waals surface area contributed by atoms with Crippen LogP contribution < -0.4 is 5.76 Å². The maximum absolute atomic E-state index is 11.4. The van der Waals surface area contributed by atoms with Gasteiger partial charge in [-0.15, -0.1) is 0 Å². The van der Waals surface area contributed by atoms with E-state index in [1.54, 1.807) is 11.6 Å². The summed E-state index contributed by atoms with van der Waals surface area (Å²) in [4.78, 5) is 11.4. The van der Waals surface area contributed by atoms with Crippen molar-refractivity contribution in [3.8, 4) is 0 Å². The van der Waals surface area contributed by atoms with Crippen LogP contribution in [-0.2, 0) is 19.9 Å². The van der Waals surface area contributed by atoms with Crippen molar-refractivity contribution in [1.29, 1.82) is 0 Å². The molecule has 0 fully saturated rings. The second kappa shape index (κ2) is 7.29. The summed E-state index contributed by atoms with van der Waals surface area (Å²) in [7, 11) is 1.79. The average Bonchev–Trinajstić information content (AvgIpc) is 2.57. The van der Waals surface area contributed by atoms with Gasteiger partial charge in [0.1, 0.15) is 5.76 Å². The first-order valence-corrected chi connectivity index (χ1v) is 6.42. The van der Waals surface area contributed by atoms with E-state index in [4.69, 9.17) is 4.42 Å². The Bertz CT molecular complexity index is 469. The molecule has 3 nitrogen and oxygen atoms in total. The molecule has 0 amide bonds. The van der Waals surface area contributed by atoms with E-state index >= 15 is 0 Å². The Balaban J connectivity index is 0.000000917. The highest BCUT2D eigenvalue weighted by Crippen LogP contribution is 2.22. The fourth-order valence-electron chi connectivity index (χ4n) is 2.10. The third-order valence-electron chi connectivity index (χ3n) is 3.33. The molecule has 4 heteroatoms. The monoisotopic (exact) mass is 248 g/mol. The van der Waals surface area contributed by atoms with E-state index in [-0.39, 0.29) is 14.2 Å². The highest BCUT2D eigenvalue weighted by molar-refractivity contribution is 5.75. The predicted molar refractivity (Wildman–Crippen MR) is 76.1 cm³/mol. The Labute approximate surface area is 111 Å². The van der Waals surface area contributed by atoms with Gasteiger partial charge in [-0.3, -0.25) is 4.57 Å². The van der Waals surface area contributed by atoms with Crippen molar-refractivity contribution in [2.75, 3.05) is 0 Å². The van der Waals surface area contributed by atoms with E-state index in [9.17, 15) is 4.79 Å². The second-order valence-corrected chi connectivity index (χ2v) is 4.39. The minimum atomic E-state index is -0.229. The summed E-state index contributed by atoms with van der Waals surface area (Å²) >= 11 is 0. The average molecular weight is 248 g/mol. The summed E-state index contributed by atoms with van der Waals surface area (Å²) in [5.41, 5.74) is 3.85. The fourth-order valence-corrected chi connectivity index (χ4v) is 2.10. The molecule has 1 aromatic heterocycles. The van der Waals surface area contributed by atoms with E-state index < -0.39 is 0 Å². The Morgan fingerprint density at radius 1 is 1.11 bits per heavy atom. The lowest BCUT2D eigenvalue weighted by molar-refractivity contribution is 0.461. The van der Waals surface area contributed by atoms with Gasteiger partial charge in [0.15, 0.2) is 0 Å². The molecular formula is C14H23BNO2. The molecule has 0 N–H and O–H groups in total. The van der Waals surface area contributed by atoms with E-state index in [2.05, 4.69) is 13.8 Å². The van der Waals surface area contributed by atoms with Crippen LogP contribution in [-0.4, -0.2) is 13.0 Å². The van der Waals surface area contributed by atoms with Crippen LogP contribution in [0.25, 0.3) is 0 Å². The standard InChI is InChI=1S/C12H17NO2.C2H6.B/c1-8-5-4-6-10-11(7-9(8)2)15-12(14)13(10)3;1-2;/h4-7H2,1-3H3;1-2H3;/b9-8+;;. The van der Waals surface area contributed by atoms with Crippen molar-refractivity contribution in [1.82, 2.24) is 4.57 Å². The van der Waals surface area contributed by atoms with Gasteiger partial charge in [0.2, 0.25) is 0 Å². The van der Waals surface area contributed by atoms with E-state index in [1.165, 1.54) is 11.1 Å². The smallest absolute Gasteiger partial charge is 0.412 e. The molecule has 1 aliphatic carbocycles. The molecule has 0 aromatic carbocycles. The van der Waals surface area contributed by atoms with E-state index in [0.717, 1.165) is 37.1 Å². The highest BCUT2D eigenvalue weighted by atomic mass is 16.4. The first-order valence-electron chi connectivity index (χ1n) is 6.42. The molecule has 18 heavy (non-hydrogen) atoms. The number of rotatable bonds is 0. The third kappa shape index (κ3) is 3.41. The SMILES string of the molecule is C/C1=C(/C)Cc2oc(=O)n(C)c2CCC1.CC.[B]. The van der Waals surface area contributed by atoms with Crippen molar-refractivity contribution in [3.63, 3.8) is 0 Å². The fraction of sp³-hybridized carbons (Fsp3) is 0.643. The van der Waals surface area contributed by atoms with Crippen LogP contribution in [0, 0.1) is 0 Å². The molecule has 0 saturated carbocycles. The molecule has 3 radical (unpaired) electrons. The summed E-state index contributed by atoms with van der Waals surface area (Å²) in [6.07, 6.45) is 3.97. The number of fused-ring (bicyclic) bond motifs is 1. The molecule has 0 atom stereocenters. The molecule has 1 aliphatic rings. The lowest BCUT2D eigenvalue weighted by Gasteiger charge is -2.12. The van der Waals surface area contributed by atoms with Crippen LogP contribution in [0.15, 0.2) is 20.4 Å². The molecule has 99 valence electrons. The van der Waals surface area contributed by atoms with Gasteiger partial charge in [0, 0.05) is 21.9 Å². The van der Waals surface area contributed by atoms with Crippen molar-refractivity contribution in [3.05, 3.63) is 33.2 Å². The van der Waals surface area contributed by atoms with Gasteiger partial charge in [0.05, 0.1) is 5.69 Å². The lowest BCUT2D eigenvalue weighted by atomic mass is 9.96. The minimum Gasteiger partial charge on any atom is -0.412 e. The predicted octanol–water partition coefficient (Wildman–Crippen LogP) is 2.84. The van der Waals surface area contributed by atoms with Gasteiger partial charge in [0.25, 0.3) is 0 Å². The number of oxazole rings is 1. The largest absolute Gasteiger partial charge is 0.419 e. The first-order chi connectivity index (χ1) is 8.09. The summed E-state index contributed by atoms with van der Waals surface area (Å²) in [5, 5.41) is 0. The van der Waals surface area contributed by atoms with Crippen molar-refractivity contribution in [2.24, 2.45) is 7.05 Å². The molecule has 1 aromatic rings. The molecule has 0 aliphatic heterocycles. The van der Waals surface area contributed by atoms with Gasteiger partial charge < -0.3 is 4.42 Å². The van der Waals surface area contributed by atoms with Crippen LogP contribution >= 0.6 is 0 Å². The molecule has 0 saturated heterocycles. The maximum atomic E-state index is 11.4. The summed E-state index contributed by atoms with van der Waals surface area (Å²) in [6, 6.07) is 0. The third-order valence-corrected chi connectivity index (χ3v) is 3.33. The molecule has 0 bridgehead atoms. The number of allylic oxidation sites excluding steroid dienone is 2. The maximum Gasteiger partial charge on any atom is 0.419 e. The zero-order chi connectivity index (χ0) is 13.0. The summed E-state index contributed by atoms with van der Waals surface area (Å²) in [6.45, 7) is 8.29. The van der Waals surface area contributed by atoms with Crippen LogP contribution in [0.1, 0.15) is 52.0 Å². The highest BCUT2D eigenvalue weighted by Gasteiger charge is 2.17. The normalized spacial score (nSPS) is 18.7. The minimum absolute atomic E-state index is 0. The van der Waals surface area contributed by atoms with Crippen LogP contribution in [0.4, 0.5) is 0 Å². The summed E-state index contributed by atoms with van der Waals surface area (Å²) in [5.74, 6) is 0.631. The van der Waals surface area contributed by atoms with Gasteiger partial charge in [-0.2, -0.15) is 0 Å². The molecule has 0 spiro atoms. The van der Waals surface area contributed by atoms with Crippen molar-refractivity contribution >= 4 is 8.41 Å². The topological polar surface area (TPSA) is 35.1 Å². The van der Waals surface area contributed by atoms with Gasteiger partial charge in [-0.25, -0.2) is 4.79 Å². The van der Waals surface area contributed by atoms with Crippen molar-refractivity contribution in [2.45, 2.75) is 53.4 Å². The first kappa shape index (κ1) is 16.8. The van der Waals surface area contributed by atoms with Crippen LogP contribution in [0.3, 0.4) is 0 Å². The second-order valence-electron chi connectivity index (χ2n) is 4.39. The van der Waals surface area contributed by atoms with Gasteiger partial charge in [-0.1, -0.05) is 25.0 Å². The summed E-state index contributed by atoms with van der Waals surface area (Å²) < 4.78 is 6.91. The van der Waals surface area contributed by atoms with Crippen molar-refractivity contribution < 1.29 is 4.42 Å². The zero-order valence-electron chi connectivity index (χ0n) is 12.2. The number of aromatic nitrogens is 1. The van der Waals surface area contributed by atoms with E-state index in [0.29, 0.717) is 0 Å². The Morgan fingerprint density at radius 3 is 2.33 bits per heavy atom. The number of hydrogen-bond donors (Lipinski definition) is 0. The Morgan fingerprint density at radius 2 is 1.72 bits per heavy atom.